The SMILES string of the molecule is CCCn1nc(C(=O)O)c2c1CCC(N1CCN(C(=O)C(C)(C)C)CC1)C2. The molecule has 1 aromatic rings. The molecule has 0 saturated carbocycles. The summed E-state index contributed by atoms with van der Waals surface area (Å²) in [5.41, 5.74) is 1.91. The molecule has 1 fully saturated rings. The van der Waals surface area contributed by atoms with E-state index < -0.39 is 5.97 Å². The smallest absolute Gasteiger partial charge is 0.356 e. The maximum Gasteiger partial charge on any atom is 0.356 e. The van der Waals surface area contributed by atoms with E-state index >= 15 is 0 Å². The number of carbonyl (C=O) groups excluding carboxylic acids is 1. The second-order valence-electron chi connectivity index (χ2n) is 8.78. The Morgan fingerprint density at radius 3 is 2.41 bits per heavy atom. The van der Waals surface area contributed by atoms with E-state index in [0.29, 0.717) is 6.04 Å². The Kier molecular flexibility index (Phi) is 5.60. The molecule has 1 aromatic heterocycles. The average molecular weight is 377 g/mol. The fourth-order valence-electron chi connectivity index (χ4n) is 4.31. The van der Waals surface area contributed by atoms with Gasteiger partial charge in [-0.2, -0.15) is 5.10 Å². The Labute approximate surface area is 161 Å². The summed E-state index contributed by atoms with van der Waals surface area (Å²) in [5.74, 6) is -0.718. The van der Waals surface area contributed by atoms with Crippen LogP contribution in [0, 0.1) is 5.41 Å². The third-order valence-corrected chi connectivity index (χ3v) is 5.72. The highest BCUT2D eigenvalue weighted by atomic mass is 16.4. The fourth-order valence-corrected chi connectivity index (χ4v) is 4.31. The highest BCUT2D eigenvalue weighted by Gasteiger charge is 2.35. The molecule has 1 saturated heterocycles. The Morgan fingerprint density at radius 2 is 1.85 bits per heavy atom. The molecule has 1 aliphatic heterocycles. The lowest BCUT2D eigenvalue weighted by Crippen LogP contribution is -2.55. The summed E-state index contributed by atoms with van der Waals surface area (Å²) in [6.07, 6.45) is 3.59. The summed E-state index contributed by atoms with van der Waals surface area (Å²) in [7, 11) is 0. The Morgan fingerprint density at radius 1 is 1.19 bits per heavy atom. The van der Waals surface area contributed by atoms with Gasteiger partial charge >= 0.3 is 5.97 Å². The van der Waals surface area contributed by atoms with Crippen LogP contribution in [0.4, 0.5) is 0 Å². The zero-order chi connectivity index (χ0) is 19.8. The molecule has 150 valence electrons. The molecule has 1 unspecified atom stereocenters. The van der Waals surface area contributed by atoms with Crippen molar-refractivity contribution in [2.24, 2.45) is 5.41 Å². The topological polar surface area (TPSA) is 78.7 Å². The summed E-state index contributed by atoms with van der Waals surface area (Å²) in [4.78, 5) is 28.5. The molecule has 2 aliphatic rings. The molecular formula is C20H32N4O3. The molecule has 1 aliphatic carbocycles. The van der Waals surface area contributed by atoms with Crippen LogP contribution < -0.4 is 0 Å². The zero-order valence-electron chi connectivity index (χ0n) is 17.0. The van der Waals surface area contributed by atoms with Crippen LogP contribution in [-0.4, -0.2) is 68.8 Å². The number of rotatable bonds is 4. The average Bonchev–Trinajstić information content (AvgIpc) is 2.99. The number of aromatic carboxylic acids is 1. The van der Waals surface area contributed by atoms with Gasteiger partial charge < -0.3 is 10.0 Å². The second kappa shape index (κ2) is 7.62. The molecule has 7 heteroatoms. The lowest BCUT2D eigenvalue weighted by Gasteiger charge is -2.42. The predicted octanol–water partition coefficient (Wildman–Crippen LogP) is 2.04. The monoisotopic (exact) mass is 376 g/mol. The van der Waals surface area contributed by atoms with Crippen LogP contribution in [0.25, 0.3) is 0 Å². The lowest BCUT2D eigenvalue weighted by atomic mass is 9.89. The van der Waals surface area contributed by atoms with E-state index in [0.717, 1.165) is 69.7 Å². The van der Waals surface area contributed by atoms with Crippen molar-refractivity contribution in [1.82, 2.24) is 19.6 Å². The van der Waals surface area contributed by atoms with Crippen molar-refractivity contribution in [3.05, 3.63) is 17.0 Å². The first-order valence-corrected chi connectivity index (χ1v) is 10.1. The van der Waals surface area contributed by atoms with Crippen LogP contribution in [0.1, 0.15) is 62.3 Å². The van der Waals surface area contributed by atoms with E-state index in [-0.39, 0.29) is 17.0 Å². The third-order valence-electron chi connectivity index (χ3n) is 5.72. The van der Waals surface area contributed by atoms with Gasteiger partial charge in [0.1, 0.15) is 0 Å². The summed E-state index contributed by atoms with van der Waals surface area (Å²) < 4.78 is 1.90. The van der Waals surface area contributed by atoms with Crippen molar-refractivity contribution in [3.8, 4) is 0 Å². The Bertz CT molecular complexity index is 712. The van der Waals surface area contributed by atoms with Crippen molar-refractivity contribution in [2.45, 2.75) is 66.0 Å². The molecular weight excluding hydrogens is 344 g/mol. The van der Waals surface area contributed by atoms with Gasteiger partial charge in [0.25, 0.3) is 0 Å². The van der Waals surface area contributed by atoms with Crippen LogP contribution in [0.15, 0.2) is 0 Å². The number of hydrogen-bond donors (Lipinski definition) is 1. The fraction of sp³-hybridized carbons (Fsp3) is 0.750. The van der Waals surface area contributed by atoms with Gasteiger partial charge in [0.05, 0.1) is 0 Å². The minimum absolute atomic E-state index is 0.210. The first kappa shape index (κ1) is 19.9. The maximum absolute atomic E-state index is 12.5. The van der Waals surface area contributed by atoms with Crippen molar-refractivity contribution in [3.63, 3.8) is 0 Å². The molecule has 0 spiro atoms. The van der Waals surface area contributed by atoms with Gasteiger partial charge in [-0.05, 0) is 25.7 Å². The number of carboxylic acids is 1. The summed E-state index contributed by atoms with van der Waals surface area (Å²) in [6.45, 7) is 12.0. The molecule has 2 heterocycles. The van der Waals surface area contributed by atoms with Crippen molar-refractivity contribution in [2.75, 3.05) is 26.2 Å². The van der Waals surface area contributed by atoms with Crippen LogP contribution in [0.2, 0.25) is 0 Å². The molecule has 1 atom stereocenters. The van der Waals surface area contributed by atoms with Gasteiger partial charge in [0, 0.05) is 55.4 Å². The number of piperazine rings is 1. The van der Waals surface area contributed by atoms with E-state index in [1.54, 1.807) is 0 Å². The highest BCUT2D eigenvalue weighted by molar-refractivity contribution is 5.87. The second-order valence-corrected chi connectivity index (χ2v) is 8.78. The molecule has 1 amide bonds. The van der Waals surface area contributed by atoms with Gasteiger partial charge in [-0.15, -0.1) is 0 Å². The number of nitrogens with zero attached hydrogens (tertiary/aromatic N) is 4. The van der Waals surface area contributed by atoms with Crippen molar-refractivity contribution < 1.29 is 14.7 Å². The zero-order valence-corrected chi connectivity index (χ0v) is 17.0. The van der Waals surface area contributed by atoms with E-state index in [2.05, 4.69) is 16.9 Å². The minimum Gasteiger partial charge on any atom is -0.476 e. The number of amides is 1. The number of aromatic nitrogens is 2. The normalized spacial score (nSPS) is 21.2. The molecule has 27 heavy (non-hydrogen) atoms. The van der Waals surface area contributed by atoms with Crippen LogP contribution >= 0.6 is 0 Å². The van der Waals surface area contributed by atoms with Crippen LogP contribution in [0.3, 0.4) is 0 Å². The molecule has 7 nitrogen and oxygen atoms in total. The van der Waals surface area contributed by atoms with E-state index in [9.17, 15) is 14.7 Å². The Balaban J connectivity index is 1.69. The summed E-state index contributed by atoms with van der Waals surface area (Å²) >= 11 is 0. The largest absolute Gasteiger partial charge is 0.476 e. The molecule has 3 rings (SSSR count). The molecule has 0 radical (unpaired) electrons. The van der Waals surface area contributed by atoms with Crippen molar-refractivity contribution >= 4 is 11.9 Å². The predicted molar refractivity (Wildman–Crippen MR) is 103 cm³/mol. The standard InChI is InChI=1S/C20H32N4O3/c1-5-8-24-16-7-6-14(13-15(16)17(21-24)18(25)26)22-9-11-23(12-10-22)19(27)20(2,3)4/h14H,5-13H2,1-4H3,(H,25,26). The molecule has 0 bridgehead atoms. The molecule has 0 aromatic carbocycles. The van der Waals surface area contributed by atoms with Gasteiger partial charge in [-0.25, -0.2) is 4.79 Å². The quantitative estimate of drug-likeness (QED) is 0.870. The van der Waals surface area contributed by atoms with Crippen LogP contribution in [0.5, 0.6) is 0 Å². The first-order valence-electron chi connectivity index (χ1n) is 10.1. The number of carbonyl (C=O) groups is 2. The van der Waals surface area contributed by atoms with Gasteiger partial charge in [0.2, 0.25) is 5.91 Å². The number of aryl methyl sites for hydroxylation is 1. The summed E-state index contributed by atoms with van der Waals surface area (Å²) in [5, 5.41) is 13.9. The van der Waals surface area contributed by atoms with E-state index in [1.165, 1.54) is 0 Å². The number of hydrogen-bond acceptors (Lipinski definition) is 4. The minimum atomic E-state index is -0.928. The lowest BCUT2D eigenvalue weighted by molar-refractivity contribution is -0.141. The number of fused-ring (bicyclic) bond motifs is 1. The Hall–Kier alpha value is -1.89. The first-order chi connectivity index (χ1) is 12.7. The third kappa shape index (κ3) is 4.03. The number of carboxylic acid groups (broad SMARTS) is 1. The van der Waals surface area contributed by atoms with E-state index in [4.69, 9.17) is 0 Å². The van der Waals surface area contributed by atoms with Gasteiger partial charge in [-0.3, -0.25) is 14.4 Å². The summed E-state index contributed by atoms with van der Waals surface area (Å²) in [6, 6.07) is 0.335. The van der Waals surface area contributed by atoms with Crippen molar-refractivity contribution in [1.29, 1.82) is 0 Å². The van der Waals surface area contributed by atoms with E-state index in [1.807, 2.05) is 30.4 Å². The van der Waals surface area contributed by atoms with Gasteiger partial charge in [-0.1, -0.05) is 27.7 Å². The maximum atomic E-state index is 12.5. The highest BCUT2D eigenvalue weighted by Crippen LogP contribution is 2.29. The molecule has 1 N–H and O–H groups in total. The van der Waals surface area contributed by atoms with Crippen LogP contribution in [-0.2, 0) is 24.2 Å². The van der Waals surface area contributed by atoms with Gasteiger partial charge in [0.15, 0.2) is 5.69 Å².